The molecule has 0 spiro atoms. The second-order valence-electron chi connectivity index (χ2n) is 6.46. The zero-order chi connectivity index (χ0) is 21.3. The molecule has 154 valence electrons. The third kappa shape index (κ3) is 5.09. The van der Waals surface area contributed by atoms with E-state index in [0.29, 0.717) is 12.6 Å². The molecule has 11 heteroatoms. The molecule has 0 aliphatic carbocycles. The maximum atomic E-state index is 14.9. The molecule has 0 amide bonds. The van der Waals surface area contributed by atoms with Crippen LogP contribution < -0.4 is 10.9 Å². The van der Waals surface area contributed by atoms with Crippen molar-refractivity contribution in [3.05, 3.63) is 51.2 Å². The molecule has 28 heavy (non-hydrogen) atoms. The second-order valence-corrected chi connectivity index (χ2v) is 6.46. The Morgan fingerprint density at radius 2 is 1.75 bits per heavy atom. The molecule has 0 aliphatic rings. The minimum atomic E-state index is -5.09. The van der Waals surface area contributed by atoms with Crippen molar-refractivity contribution >= 4 is 0 Å². The van der Waals surface area contributed by atoms with E-state index in [4.69, 9.17) is 0 Å². The highest BCUT2D eigenvalue weighted by atomic mass is 19.4. The third-order valence-electron chi connectivity index (χ3n) is 3.66. The number of rotatable bonds is 5. The summed E-state index contributed by atoms with van der Waals surface area (Å²) in [7, 11) is 0. The molecule has 1 aromatic carbocycles. The highest BCUT2D eigenvalue weighted by Crippen LogP contribution is 2.39. The number of alkyl halides is 6. The number of aromatic amines is 1. The van der Waals surface area contributed by atoms with Gasteiger partial charge in [0.2, 0.25) is 0 Å². The van der Waals surface area contributed by atoms with Gasteiger partial charge in [-0.05, 0) is 18.5 Å². The van der Waals surface area contributed by atoms with E-state index in [0.717, 1.165) is 6.07 Å². The largest absolute Gasteiger partial charge is 0.433 e. The van der Waals surface area contributed by atoms with Crippen LogP contribution in [0.5, 0.6) is 0 Å². The highest BCUT2D eigenvalue weighted by molar-refractivity contribution is 5.63. The van der Waals surface area contributed by atoms with Crippen LogP contribution in [0.1, 0.15) is 30.7 Å². The van der Waals surface area contributed by atoms with E-state index < -0.39 is 46.4 Å². The number of hydrogen-bond donors (Lipinski definition) is 2. The van der Waals surface area contributed by atoms with Gasteiger partial charge < -0.3 is 10.3 Å². The molecular formula is C17H16F7N3O. The molecule has 2 rings (SSSR count). The molecule has 0 unspecified atom stereocenters. The lowest BCUT2D eigenvalue weighted by Crippen LogP contribution is -2.21. The molecule has 0 radical (unpaired) electrons. The Morgan fingerprint density at radius 1 is 1.11 bits per heavy atom. The summed E-state index contributed by atoms with van der Waals surface area (Å²) in [4.78, 5) is 16.3. The average molecular weight is 411 g/mol. The molecule has 0 saturated heterocycles. The predicted molar refractivity (Wildman–Crippen MR) is 86.8 cm³/mol. The van der Waals surface area contributed by atoms with Gasteiger partial charge in [0.15, 0.2) is 5.69 Å². The van der Waals surface area contributed by atoms with Gasteiger partial charge in [-0.1, -0.05) is 19.9 Å². The first kappa shape index (κ1) is 21.9. The van der Waals surface area contributed by atoms with Gasteiger partial charge in [-0.15, -0.1) is 0 Å². The number of hydrogen-bond acceptors (Lipinski definition) is 3. The van der Waals surface area contributed by atoms with Gasteiger partial charge in [0.25, 0.3) is 5.56 Å². The van der Waals surface area contributed by atoms with E-state index in [1.54, 1.807) is 4.98 Å². The van der Waals surface area contributed by atoms with Gasteiger partial charge in [0.05, 0.1) is 11.1 Å². The first-order valence-corrected chi connectivity index (χ1v) is 8.09. The third-order valence-corrected chi connectivity index (χ3v) is 3.66. The van der Waals surface area contributed by atoms with Crippen LogP contribution in [0.25, 0.3) is 11.4 Å². The lowest BCUT2D eigenvalue weighted by atomic mass is 10.0. The molecule has 0 saturated carbocycles. The van der Waals surface area contributed by atoms with E-state index >= 15 is 0 Å². The minimum Gasteiger partial charge on any atom is -0.312 e. The van der Waals surface area contributed by atoms with Crippen LogP contribution in [0.2, 0.25) is 0 Å². The minimum absolute atomic E-state index is 0.0860. The van der Waals surface area contributed by atoms with Crippen LogP contribution >= 0.6 is 0 Å². The Labute approximate surface area is 154 Å². The SMILES string of the molecule is CC(C)CNCc1ccc(C(F)(F)F)c(-c2nc(C(F)(F)F)cc(=O)[nH]2)c1F. The van der Waals surface area contributed by atoms with Crippen molar-refractivity contribution in [2.75, 3.05) is 6.54 Å². The Balaban J connectivity index is 2.67. The van der Waals surface area contributed by atoms with Crippen molar-refractivity contribution < 1.29 is 30.7 Å². The predicted octanol–water partition coefficient (Wildman–Crippen LogP) is 4.36. The average Bonchev–Trinajstić information content (AvgIpc) is 2.53. The normalized spacial score (nSPS) is 12.6. The van der Waals surface area contributed by atoms with E-state index in [-0.39, 0.29) is 24.1 Å². The van der Waals surface area contributed by atoms with Gasteiger partial charge in [0.1, 0.15) is 11.6 Å². The van der Waals surface area contributed by atoms with Gasteiger partial charge in [0, 0.05) is 18.2 Å². The van der Waals surface area contributed by atoms with Crippen molar-refractivity contribution in [1.82, 2.24) is 15.3 Å². The van der Waals surface area contributed by atoms with Crippen LogP contribution in [0, 0.1) is 11.7 Å². The van der Waals surface area contributed by atoms with Crippen LogP contribution in [-0.4, -0.2) is 16.5 Å². The Hall–Kier alpha value is -2.43. The Morgan fingerprint density at radius 3 is 2.29 bits per heavy atom. The molecule has 0 fully saturated rings. The van der Waals surface area contributed by atoms with Crippen LogP contribution in [0.3, 0.4) is 0 Å². The number of nitrogens with zero attached hydrogens (tertiary/aromatic N) is 1. The second kappa shape index (κ2) is 7.90. The van der Waals surface area contributed by atoms with Gasteiger partial charge in [-0.25, -0.2) is 9.37 Å². The zero-order valence-corrected chi connectivity index (χ0v) is 14.7. The molecule has 2 aromatic rings. The molecule has 0 atom stereocenters. The van der Waals surface area contributed by atoms with Crippen molar-refractivity contribution in [2.24, 2.45) is 5.92 Å². The Bertz CT molecular complexity index is 901. The van der Waals surface area contributed by atoms with E-state index in [1.165, 1.54) is 0 Å². The highest BCUT2D eigenvalue weighted by Gasteiger charge is 2.38. The van der Waals surface area contributed by atoms with Crippen LogP contribution in [0.4, 0.5) is 30.7 Å². The fourth-order valence-electron chi connectivity index (χ4n) is 2.44. The van der Waals surface area contributed by atoms with Crippen molar-refractivity contribution in [2.45, 2.75) is 32.7 Å². The quantitative estimate of drug-likeness (QED) is 0.719. The van der Waals surface area contributed by atoms with Crippen molar-refractivity contribution in [1.29, 1.82) is 0 Å². The molecule has 1 aromatic heterocycles. The maximum Gasteiger partial charge on any atom is 0.433 e. The standard InChI is InChI=1S/C17H16F7N3O/c1-8(2)6-25-7-9-3-4-10(16(19,20)21)13(14(9)18)15-26-11(17(22,23)24)5-12(28)27-15/h3-5,8,25H,6-7H2,1-2H3,(H,26,27,28). The number of halogens is 7. The molecular weight excluding hydrogens is 395 g/mol. The number of nitrogens with one attached hydrogen (secondary N) is 2. The lowest BCUT2D eigenvalue weighted by Gasteiger charge is -2.17. The summed E-state index contributed by atoms with van der Waals surface area (Å²) in [5.74, 6) is -2.37. The van der Waals surface area contributed by atoms with E-state index in [1.807, 2.05) is 13.8 Å². The number of H-pyrrole nitrogens is 1. The molecule has 0 aliphatic heterocycles. The summed E-state index contributed by atoms with van der Waals surface area (Å²) in [6, 6.07) is 1.52. The van der Waals surface area contributed by atoms with Crippen LogP contribution in [-0.2, 0) is 18.9 Å². The molecule has 0 bridgehead atoms. The Kier molecular flexibility index (Phi) is 6.17. The molecule has 2 N–H and O–H groups in total. The summed E-state index contributed by atoms with van der Waals surface area (Å²) >= 11 is 0. The van der Waals surface area contributed by atoms with E-state index in [2.05, 4.69) is 10.3 Å². The van der Waals surface area contributed by atoms with Crippen molar-refractivity contribution in [3.63, 3.8) is 0 Å². The van der Waals surface area contributed by atoms with Gasteiger partial charge in [-0.3, -0.25) is 4.79 Å². The summed E-state index contributed by atoms with van der Waals surface area (Å²) < 4.78 is 93.4. The fourth-order valence-corrected chi connectivity index (χ4v) is 2.44. The first-order chi connectivity index (χ1) is 12.8. The maximum absolute atomic E-state index is 14.9. The van der Waals surface area contributed by atoms with Crippen LogP contribution in [0.15, 0.2) is 23.0 Å². The fraction of sp³-hybridized carbons (Fsp3) is 0.412. The number of aromatic nitrogens is 2. The lowest BCUT2D eigenvalue weighted by molar-refractivity contribution is -0.141. The zero-order valence-electron chi connectivity index (χ0n) is 14.7. The number of benzene rings is 1. The van der Waals surface area contributed by atoms with Crippen molar-refractivity contribution in [3.8, 4) is 11.4 Å². The monoisotopic (exact) mass is 411 g/mol. The first-order valence-electron chi connectivity index (χ1n) is 8.09. The van der Waals surface area contributed by atoms with E-state index in [9.17, 15) is 35.5 Å². The van der Waals surface area contributed by atoms with Gasteiger partial charge in [-0.2, -0.15) is 26.3 Å². The topological polar surface area (TPSA) is 57.8 Å². The molecule has 1 heterocycles. The smallest absolute Gasteiger partial charge is 0.312 e. The summed E-state index contributed by atoms with van der Waals surface area (Å²) in [5.41, 5.74) is -6.06. The summed E-state index contributed by atoms with van der Waals surface area (Å²) in [6.07, 6.45) is -10.2. The molecule has 4 nitrogen and oxygen atoms in total. The van der Waals surface area contributed by atoms with Gasteiger partial charge >= 0.3 is 12.4 Å². The summed E-state index contributed by atoms with van der Waals surface area (Å²) in [6.45, 7) is 4.00. The summed E-state index contributed by atoms with van der Waals surface area (Å²) in [5, 5.41) is 2.83.